The van der Waals surface area contributed by atoms with E-state index in [0.717, 1.165) is 0 Å². The Hall–Kier alpha value is -3.39. The molecule has 2 aliphatic rings. The van der Waals surface area contributed by atoms with Gasteiger partial charge in [-0.05, 0) is 70.2 Å². The minimum atomic E-state index is -4.67. The van der Waals surface area contributed by atoms with Gasteiger partial charge in [0.15, 0.2) is 0 Å². The van der Waals surface area contributed by atoms with Crippen molar-refractivity contribution in [1.29, 1.82) is 0 Å². The number of halogens is 5. The zero-order chi connectivity index (χ0) is 31.9. The molecule has 0 aliphatic carbocycles. The van der Waals surface area contributed by atoms with Gasteiger partial charge in [0, 0.05) is 17.6 Å². The van der Waals surface area contributed by atoms with Gasteiger partial charge in [-0.2, -0.15) is 13.2 Å². The molecule has 2 aliphatic heterocycles. The lowest BCUT2D eigenvalue weighted by molar-refractivity contribution is -0.143. The van der Waals surface area contributed by atoms with Gasteiger partial charge in [-0.25, -0.2) is 13.6 Å². The number of rotatable bonds is 9. The van der Waals surface area contributed by atoms with E-state index in [0.29, 0.717) is 53.9 Å². The number of alkyl halides is 3. The van der Waals surface area contributed by atoms with Crippen molar-refractivity contribution in [3.8, 4) is 5.75 Å². The molecule has 3 N–H and O–H groups in total. The Morgan fingerprint density at radius 2 is 1.67 bits per heavy atom. The lowest BCUT2D eigenvalue weighted by atomic mass is 9.75. The molecular formula is C29H34BF5N2O6. The van der Waals surface area contributed by atoms with Gasteiger partial charge < -0.3 is 29.8 Å². The van der Waals surface area contributed by atoms with Crippen molar-refractivity contribution in [2.75, 3.05) is 11.9 Å². The maximum atomic E-state index is 14.8. The van der Waals surface area contributed by atoms with Crippen LogP contribution in [-0.2, 0) is 26.9 Å². The van der Waals surface area contributed by atoms with Gasteiger partial charge in [0.2, 0.25) is 0 Å². The monoisotopic (exact) mass is 612 g/mol. The van der Waals surface area contributed by atoms with Gasteiger partial charge in [0.1, 0.15) is 35.0 Å². The van der Waals surface area contributed by atoms with Crippen molar-refractivity contribution in [1.82, 2.24) is 5.32 Å². The average molecular weight is 612 g/mol. The van der Waals surface area contributed by atoms with Gasteiger partial charge in [0.05, 0.1) is 17.8 Å². The number of fused-ring (bicyclic) bond motifs is 1. The molecule has 0 aromatic heterocycles. The van der Waals surface area contributed by atoms with Crippen molar-refractivity contribution < 1.29 is 50.7 Å². The maximum absolute atomic E-state index is 14.8. The Morgan fingerprint density at radius 3 is 2.21 bits per heavy atom. The number of aliphatic carboxylic acids is 1. The molecule has 1 amide bonds. The molecule has 0 radical (unpaired) electrons. The van der Waals surface area contributed by atoms with E-state index in [1.807, 2.05) is 33.0 Å². The molecule has 8 nitrogen and oxygen atoms in total. The number of benzene rings is 2. The third-order valence-corrected chi connectivity index (χ3v) is 8.15. The number of carbonyl (C=O) groups is 2. The molecule has 0 bridgehead atoms. The third-order valence-electron chi connectivity index (χ3n) is 8.15. The third kappa shape index (κ3) is 6.74. The smallest absolute Gasteiger partial charge is 0.494 e. The molecule has 14 heteroatoms. The summed E-state index contributed by atoms with van der Waals surface area (Å²) in [5.41, 5.74) is -0.946. The van der Waals surface area contributed by atoms with Crippen LogP contribution >= 0.6 is 0 Å². The summed E-state index contributed by atoms with van der Waals surface area (Å²) in [6, 6.07) is 0.857. The zero-order valence-corrected chi connectivity index (χ0v) is 24.5. The van der Waals surface area contributed by atoms with Crippen molar-refractivity contribution >= 4 is 30.1 Å². The van der Waals surface area contributed by atoms with Crippen LogP contribution in [-0.4, -0.2) is 60.2 Å². The molecule has 0 unspecified atom stereocenters. The second kappa shape index (κ2) is 12.0. The average Bonchev–Trinajstić information content (AvgIpc) is 3.11. The summed E-state index contributed by atoms with van der Waals surface area (Å²) in [6.07, 6.45) is -4.10. The van der Waals surface area contributed by atoms with E-state index in [1.54, 1.807) is 12.1 Å². The van der Waals surface area contributed by atoms with E-state index in [2.05, 4.69) is 5.32 Å². The van der Waals surface area contributed by atoms with Crippen LogP contribution < -0.4 is 20.8 Å². The minimum Gasteiger partial charge on any atom is -0.494 e. The molecule has 1 saturated heterocycles. The summed E-state index contributed by atoms with van der Waals surface area (Å²) in [5.74, 6) is -5.21. The lowest BCUT2D eigenvalue weighted by Crippen LogP contribution is -2.43. The Labute approximate surface area is 246 Å². The number of anilines is 1. The van der Waals surface area contributed by atoms with Gasteiger partial charge >= 0.3 is 19.3 Å². The summed E-state index contributed by atoms with van der Waals surface area (Å²) in [6.45, 7) is 9.32. The van der Waals surface area contributed by atoms with Gasteiger partial charge in [-0.15, -0.1) is 0 Å². The number of hydrogen-bond acceptors (Lipinski definition) is 6. The number of carboxylic acids is 1. The van der Waals surface area contributed by atoms with E-state index in [9.17, 15) is 36.6 Å². The molecule has 2 atom stereocenters. The number of hydrogen-bond donors (Lipinski definition) is 3. The zero-order valence-electron chi connectivity index (χ0n) is 24.5. The van der Waals surface area contributed by atoms with E-state index in [-0.39, 0.29) is 6.42 Å². The second-order valence-electron chi connectivity index (χ2n) is 11.7. The molecule has 2 aromatic carbocycles. The molecule has 2 aromatic rings. The maximum Gasteiger partial charge on any atom is 0.498 e. The number of amides is 1. The number of carboxylic acid groups (broad SMARTS) is 1. The predicted octanol–water partition coefficient (Wildman–Crippen LogP) is 4.77. The largest absolute Gasteiger partial charge is 0.498 e. The van der Waals surface area contributed by atoms with Gasteiger partial charge in [0.25, 0.3) is 5.91 Å². The first kappa shape index (κ1) is 32.5. The van der Waals surface area contributed by atoms with Crippen LogP contribution in [0.3, 0.4) is 0 Å². The van der Waals surface area contributed by atoms with Crippen LogP contribution in [0.4, 0.5) is 27.6 Å². The summed E-state index contributed by atoms with van der Waals surface area (Å²) < 4.78 is 87.2. The van der Waals surface area contributed by atoms with E-state index in [1.165, 1.54) is 6.92 Å². The fourth-order valence-electron chi connectivity index (χ4n) is 5.04. The first-order valence-electron chi connectivity index (χ1n) is 13.9. The standard InChI is InChI=1S/C29H34BF5N2O6/c1-6-22(29(33,34)35)36-16-13-19(31)23(20(32)14-16)25(38)37-21(26(39)40)12-15-9-10-18(24-17(15)8-7-11-41-24)30-42-27(2,3)28(4,5)43-30/h9-10,13-14,21-22,36H,6-8,11-12H2,1-5H3,(H,37,38)(H,39,40)/t21-,22+/m0/s1. The van der Waals surface area contributed by atoms with Crippen LogP contribution in [0.5, 0.6) is 5.75 Å². The fraction of sp³-hybridized carbons (Fsp3) is 0.517. The SMILES string of the molecule is CC[C@@H](Nc1cc(F)c(C(=O)N[C@@H](Cc2ccc(B3OC(C)(C)C(C)(C)O3)c3c2CCCO3)C(=O)O)c(F)c1)C(F)(F)F. The van der Waals surface area contributed by atoms with Crippen LogP contribution in [0.15, 0.2) is 24.3 Å². The minimum absolute atomic E-state index is 0.233. The number of ether oxygens (including phenoxy) is 1. The first-order valence-corrected chi connectivity index (χ1v) is 13.9. The highest BCUT2D eigenvalue weighted by Crippen LogP contribution is 2.38. The molecular weight excluding hydrogens is 578 g/mol. The first-order chi connectivity index (χ1) is 19.9. The molecule has 0 spiro atoms. The van der Waals surface area contributed by atoms with Crippen molar-refractivity contribution in [3.05, 3.63) is 52.6 Å². The Balaban J connectivity index is 1.56. The highest BCUT2D eigenvalue weighted by atomic mass is 19.4. The van der Waals surface area contributed by atoms with Crippen molar-refractivity contribution in [3.63, 3.8) is 0 Å². The molecule has 4 rings (SSSR count). The highest BCUT2D eigenvalue weighted by Gasteiger charge is 2.53. The van der Waals surface area contributed by atoms with Crippen LogP contribution in [0, 0.1) is 11.6 Å². The van der Waals surface area contributed by atoms with E-state index < -0.39 is 77.8 Å². The molecule has 0 saturated carbocycles. The van der Waals surface area contributed by atoms with E-state index in [4.69, 9.17) is 14.0 Å². The molecule has 1 fully saturated rings. The van der Waals surface area contributed by atoms with Crippen LogP contribution in [0.2, 0.25) is 0 Å². The van der Waals surface area contributed by atoms with Crippen molar-refractivity contribution in [2.24, 2.45) is 0 Å². The quantitative estimate of drug-likeness (QED) is 0.277. The predicted molar refractivity (Wildman–Crippen MR) is 149 cm³/mol. The topological polar surface area (TPSA) is 106 Å². The fourth-order valence-corrected chi connectivity index (χ4v) is 5.04. The summed E-state index contributed by atoms with van der Waals surface area (Å²) >= 11 is 0. The van der Waals surface area contributed by atoms with Gasteiger partial charge in [-0.1, -0.05) is 19.1 Å². The Kier molecular flexibility index (Phi) is 9.04. The normalized spacial score (nSPS) is 18.8. The number of nitrogens with one attached hydrogen (secondary N) is 2. The summed E-state index contributed by atoms with van der Waals surface area (Å²) in [5, 5.41) is 14.0. The van der Waals surface area contributed by atoms with Crippen LogP contribution in [0.25, 0.3) is 0 Å². The molecule has 2 heterocycles. The van der Waals surface area contributed by atoms with Crippen molar-refractivity contribution in [2.45, 2.75) is 89.8 Å². The Bertz CT molecular complexity index is 1360. The highest BCUT2D eigenvalue weighted by molar-refractivity contribution is 6.63. The van der Waals surface area contributed by atoms with Gasteiger partial charge in [-0.3, -0.25) is 4.79 Å². The Morgan fingerprint density at radius 1 is 1.07 bits per heavy atom. The summed E-state index contributed by atoms with van der Waals surface area (Å²) in [4.78, 5) is 25.0. The molecule has 43 heavy (non-hydrogen) atoms. The second-order valence-corrected chi connectivity index (χ2v) is 11.7. The molecule has 234 valence electrons. The summed E-state index contributed by atoms with van der Waals surface area (Å²) in [7, 11) is -0.729. The van der Waals surface area contributed by atoms with Crippen LogP contribution in [0.1, 0.15) is 68.9 Å². The lowest BCUT2D eigenvalue weighted by Gasteiger charge is -2.32. The number of carbonyl (C=O) groups excluding carboxylic acids is 1. The van der Waals surface area contributed by atoms with E-state index >= 15 is 0 Å².